The van der Waals surface area contributed by atoms with Gasteiger partial charge in [-0.25, -0.2) is 0 Å². The van der Waals surface area contributed by atoms with Gasteiger partial charge in [-0.05, 0) is 51.3 Å². The molecule has 23 heavy (non-hydrogen) atoms. The Balaban J connectivity index is 2.39. The van der Waals surface area contributed by atoms with Crippen LogP contribution in [0.15, 0.2) is 18.2 Å². The predicted octanol–water partition coefficient (Wildman–Crippen LogP) is 3.94. The van der Waals surface area contributed by atoms with E-state index >= 15 is 0 Å². The first kappa shape index (κ1) is 19.9. The third-order valence-electron chi connectivity index (χ3n) is 3.14. The lowest BCUT2D eigenvalue weighted by Gasteiger charge is -2.20. The number of aryl methyl sites for hydroxylation is 1. The fourth-order valence-electron chi connectivity index (χ4n) is 1.97. The minimum atomic E-state index is -0.662. The number of esters is 1. The zero-order valence-corrected chi connectivity index (χ0v) is 15.2. The van der Waals surface area contributed by atoms with E-state index in [1.807, 2.05) is 6.07 Å². The fourth-order valence-corrected chi connectivity index (χ4v) is 2.30. The second kappa shape index (κ2) is 8.67. The minimum Gasteiger partial charge on any atom is -0.460 e. The molecule has 0 aliphatic carbocycles. The fraction of sp³-hybridized carbons (Fsp3) is 0.529. The summed E-state index contributed by atoms with van der Waals surface area (Å²) in [6.07, 6.45) is 1.26. The highest BCUT2D eigenvalue weighted by Gasteiger charge is 2.19. The average molecular weight is 360 g/mol. The highest BCUT2D eigenvalue weighted by molar-refractivity contribution is 6.42. The molecule has 0 radical (unpaired) electrons. The standard InChI is InChI=1S/C17H23Cl2NO3/c1-17(2,3)23-16(22)9-7-14(20)15(21)8-5-11-4-6-12(18)13(19)10-11/h4,6,10,14H,5,7-9,20H2,1-3H3/t14-/m1/s1. The van der Waals surface area contributed by atoms with Gasteiger partial charge in [0.1, 0.15) is 11.4 Å². The Morgan fingerprint density at radius 2 is 1.83 bits per heavy atom. The van der Waals surface area contributed by atoms with Gasteiger partial charge in [0.15, 0.2) is 0 Å². The molecule has 0 heterocycles. The molecule has 0 saturated carbocycles. The van der Waals surface area contributed by atoms with E-state index in [9.17, 15) is 9.59 Å². The number of ketones is 1. The third kappa shape index (κ3) is 7.82. The van der Waals surface area contributed by atoms with Gasteiger partial charge in [0.2, 0.25) is 0 Å². The Bertz CT molecular complexity index is 567. The van der Waals surface area contributed by atoms with E-state index in [-0.39, 0.29) is 24.6 Å². The monoisotopic (exact) mass is 359 g/mol. The van der Waals surface area contributed by atoms with E-state index < -0.39 is 11.6 Å². The van der Waals surface area contributed by atoms with Crippen LogP contribution in [0.2, 0.25) is 10.0 Å². The van der Waals surface area contributed by atoms with Crippen LogP contribution in [0, 0.1) is 0 Å². The minimum absolute atomic E-state index is 0.0837. The highest BCUT2D eigenvalue weighted by atomic mass is 35.5. The quantitative estimate of drug-likeness (QED) is 0.748. The second-order valence-electron chi connectivity index (χ2n) is 6.45. The third-order valence-corrected chi connectivity index (χ3v) is 3.88. The normalized spacial score (nSPS) is 12.8. The lowest BCUT2D eigenvalue weighted by molar-refractivity contribution is -0.155. The molecule has 2 N–H and O–H groups in total. The van der Waals surface area contributed by atoms with Gasteiger partial charge in [-0.15, -0.1) is 0 Å². The average Bonchev–Trinajstić information content (AvgIpc) is 2.43. The summed E-state index contributed by atoms with van der Waals surface area (Å²) >= 11 is 11.8. The lowest BCUT2D eigenvalue weighted by Crippen LogP contribution is -2.32. The molecule has 4 nitrogen and oxygen atoms in total. The van der Waals surface area contributed by atoms with Crippen molar-refractivity contribution in [2.75, 3.05) is 0 Å². The van der Waals surface area contributed by atoms with Crippen LogP contribution in [-0.2, 0) is 20.7 Å². The maximum atomic E-state index is 12.0. The molecule has 0 aliphatic heterocycles. The first-order valence-electron chi connectivity index (χ1n) is 7.52. The summed E-state index contributed by atoms with van der Waals surface area (Å²) in [5.41, 5.74) is 6.24. The molecule has 0 unspecified atom stereocenters. The number of hydrogen-bond acceptors (Lipinski definition) is 4. The van der Waals surface area contributed by atoms with Gasteiger partial charge >= 0.3 is 5.97 Å². The molecule has 0 aliphatic rings. The molecular formula is C17H23Cl2NO3. The van der Waals surface area contributed by atoms with Crippen molar-refractivity contribution in [2.24, 2.45) is 5.73 Å². The Morgan fingerprint density at radius 3 is 2.39 bits per heavy atom. The van der Waals surface area contributed by atoms with Crippen LogP contribution in [-0.4, -0.2) is 23.4 Å². The summed E-state index contributed by atoms with van der Waals surface area (Å²) in [5, 5.41) is 0.946. The molecule has 1 atom stereocenters. The Kier molecular flexibility index (Phi) is 7.52. The molecule has 6 heteroatoms. The summed E-state index contributed by atoms with van der Waals surface area (Å²) in [6, 6.07) is 4.61. The highest BCUT2D eigenvalue weighted by Crippen LogP contribution is 2.23. The number of benzene rings is 1. The van der Waals surface area contributed by atoms with Crippen LogP contribution in [0.5, 0.6) is 0 Å². The number of Topliss-reactive ketones (excluding diaryl/α,β-unsaturated/α-hetero) is 1. The second-order valence-corrected chi connectivity index (χ2v) is 7.26. The van der Waals surface area contributed by atoms with Crippen LogP contribution >= 0.6 is 23.2 Å². The van der Waals surface area contributed by atoms with Crippen molar-refractivity contribution in [3.63, 3.8) is 0 Å². The van der Waals surface area contributed by atoms with Gasteiger partial charge in [0.05, 0.1) is 16.1 Å². The molecule has 0 bridgehead atoms. The van der Waals surface area contributed by atoms with Gasteiger partial charge < -0.3 is 10.5 Å². The van der Waals surface area contributed by atoms with Crippen LogP contribution in [0.4, 0.5) is 0 Å². The molecule has 0 saturated heterocycles. The SMILES string of the molecule is CC(C)(C)OC(=O)CC[C@@H](N)C(=O)CCc1ccc(Cl)c(Cl)c1. The Labute approximate surface area is 147 Å². The smallest absolute Gasteiger partial charge is 0.306 e. The van der Waals surface area contributed by atoms with Crippen molar-refractivity contribution < 1.29 is 14.3 Å². The molecule has 1 aromatic carbocycles. The number of halogens is 2. The van der Waals surface area contributed by atoms with Crippen molar-refractivity contribution in [1.82, 2.24) is 0 Å². The largest absolute Gasteiger partial charge is 0.460 e. The van der Waals surface area contributed by atoms with Crippen molar-refractivity contribution >= 4 is 35.0 Å². The van der Waals surface area contributed by atoms with Crippen molar-refractivity contribution in [3.05, 3.63) is 33.8 Å². The van der Waals surface area contributed by atoms with Crippen molar-refractivity contribution in [1.29, 1.82) is 0 Å². The number of hydrogen-bond donors (Lipinski definition) is 1. The lowest BCUT2D eigenvalue weighted by atomic mass is 10.0. The molecule has 0 spiro atoms. The molecule has 1 rings (SSSR count). The number of rotatable bonds is 7. The molecular weight excluding hydrogens is 337 g/mol. The van der Waals surface area contributed by atoms with Crippen molar-refractivity contribution in [3.8, 4) is 0 Å². The summed E-state index contributed by atoms with van der Waals surface area (Å²) in [7, 11) is 0. The molecule has 1 aromatic rings. The van der Waals surface area contributed by atoms with E-state index in [4.69, 9.17) is 33.7 Å². The molecule has 0 fully saturated rings. The molecule has 128 valence electrons. The van der Waals surface area contributed by atoms with Gasteiger partial charge in [-0.1, -0.05) is 29.3 Å². The zero-order chi connectivity index (χ0) is 17.6. The first-order chi connectivity index (χ1) is 10.6. The topological polar surface area (TPSA) is 69.4 Å². The van der Waals surface area contributed by atoms with Gasteiger partial charge in [-0.2, -0.15) is 0 Å². The van der Waals surface area contributed by atoms with E-state index in [0.717, 1.165) is 5.56 Å². The number of carbonyl (C=O) groups is 2. The summed E-state index contributed by atoms with van der Waals surface area (Å²) < 4.78 is 5.19. The summed E-state index contributed by atoms with van der Waals surface area (Å²) in [4.78, 5) is 23.6. The van der Waals surface area contributed by atoms with E-state index in [1.165, 1.54) is 0 Å². The van der Waals surface area contributed by atoms with E-state index in [1.54, 1.807) is 32.9 Å². The first-order valence-corrected chi connectivity index (χ1v) is 8.28. The number of carbonyl (C=O) groups excluding carboxylic acids is 2. The van der Waals surface area contributed by atoms with Crippen LogP contribution in [0.25, 0.3) is 0 Å². The van der Waals surface area contributed by atoms with E-state index in [0.29, 0.717) is 22.9 Å². The maximum Gasteiger partial charge on any atom is 0.306 e. The van der Waals surface area contributed by atoms with Crippen LogP contribution in [0.1, 0.15) is 45.6 Å². The number of nitrogens with two attached hydrogens (primary N) is 1. The Morgan fingerprint density at radius 1 is 1.17 bits per heavy atom. The Hall–Kier alpha value is -1.10. The van der Waals surface area contributed by atoms with Gasteiger partial charge in [0.25, 0.3) is 0 Å². The maximum absolute atomic E-state index is 12.0. The van der Waals surface area contributed by atoms with Crippen LogP contribution < -0.4 is 5.73 Å². The van der Waals surface area contributed by atoms with Crippen LogP contribution in [0.3, 0.4) is 0 Å². The molecule has 0 amide bonds. The van der Waals surface area contributed by atoms with Crippen molar-refractivity contribution in [2.45, 2.75) is 58.1 Å². The summed E-state index contributed by atoms with van der Waals surface area (Å²) in [6.45, 7) is 5.40. The molecule has 0 aromatic heterocycles. The van der Waals surface area contributed by atoms with Gasteiger partial charge in [0, 0.05) is 12.8 Å². The number of ether oxygens (including phenoxy) is 1. The zero-order valence-electron chi connectivity index (χ0n) is 13.7. The van der Waals surface area contributed by atoms with E-state index in [2.05, 4.69) is 0 Å². The summed E-state index contributed by atoms with van der Waals surface area (Å²) in [5.74, 6) is -0.426. The van der Waals surface area contributed by atoms with Gasteiger partial charge in [-0.3, -0.25) is 9.59 Å². The predicted molar refractivity (Wildman–Crippen MR) is 92.8 cm³/mol.